The maximum atomic E-state index is 9.25. The van der Waals surface area contributed by atoms with Gasteiger partial charge in [0.25, 0.3) is 0 Å². The lowest BCUT2D eigenvalue weighted by Gasteiger charge is -2.07. The smallest absolute Gasteiger partial charge is 0.111 e. The van der Waals surface area contributed by atoms with Crippen LogP contribution in [0.15, 0.2) is 24.3 Å². The lowest BCUT2D eigenvalue weighted by atomic mass is 10.1. The molecule has 0 atom stereocenters. The maximum absolute atomic E-state index is 9.25. The molecule has 96 valence electrons. The Morgan fingerprint density at radius 3 is 2.56 bits per heavy atom. The highest BCUT2D eigenvalue weighted by Crippen LogP contribution is 2.12. The summed E-state index contributed by atoms with van der Waals surface area (Å²) in [5.74, 6) is 0. The van der Waals surface area contributed by atoms with Gasteiger partial charge in [0, 0.05) is 0 Å². The molecule has 0 amide bonds. The molecule has 1 aromatic heterocycles. The summed E-state index contributed by atoms with van der Waals surface area (Å²) in [4.78, 5) is 0. The van der Waals surface area contributed by atoms with Crippen LogP contribution < -0.4 is 0 Å². The summed E-state index contributed by atoms with van der Waals surface area (Å²) < 4.78 is 1.89. The lowest BCUT2D eigenvalue weighted by molar-refractivity contribution is 0.275. The van der Waals surface area contributed by atoms with E-state index in [0.717, 1.165) is 18.5 Å². The van der Waals surface area contributed by atoms with Crippen molar-refractivity contribution in [2.75, 3.05) is 0 Å². The molecule has 4 heteroatoms. The van der Waals surface area contributed by atoms with Crippen LogP contribution >= 0.6 is 0 Å². The van der Waals surface area contributed by atoms with Crippen LogP contribution in [0.4, 0.5) is 0 Å². The van der Waals surface area contributed by atoms with Gasteiger partial charge in [-0.1, -0.05) is 48.4 Å². The van der Waals surface area contributed by atoms with E-state index in [1.165, 1.54) is 11.1 Å². The second-order valence-corrected chi connectivity index (χ2v) is 4.53. The molecular weight excluding hydrogens is 226 g/mol. The zero-order valence-electron chi connectivity index (χ0n) is 10.9. The molecule has 18 heavy (non-hydrogen) atoms. The molecule has 0 radical (unpaired) electrons. The van der Waals surface area contributed by atoms with E-state index in [2.05, 4.69) is 48.4 Å². The third-order valence-corrected chi connectivity index (χ3v) is 3.01. The van der Waals surface area contributed by atoms with E-state index < -0.39 is 0 Å². The Bertz CT molecular complexity index is 502. The molecule has 0 bridgehead atoms. The molecule has 0 aliphatic heterocycles. The Morgan fingerprint density at radius 2 is 1.94 bits per heavy atom. The van der Waals surface area contributed by atoms with Gasteiger partial charge in [-0.3, -0.25) is 0 Å². The van der Waals surface area contributed by atoms with Gasteiger partial charge in [0.15, 0.2) is 0 Å². The molecule has 0 spiro atoms. The molecule has 0 fully saturated rings. The predicted molar refractivity (Wildman–Crippen MR) is 70.2 cm³/mol. The highest BCUT2D eigenvalue weighted by atomic mass is 16.3. The van der Waals surface area contributed by atoms with Crippen LogP contribution in [0.5, 0.6) is 0 Å². The van der Waals surface area contributed by atoms with Gasteiger partial charge in [-0.25, -0.2) is 4.68 Å². The van der Waals surface area contributed by atoms with Crippen molar-refractivity contribution >= 4 is 0 Å². The van der Waals surface area contributed by atoms with Crippen LogP contribution in [0, 0.1) is 6.92 Å². The maximum Gasteiger partial charge on any atom is 0.111 e. The third kappa shape index (κ3) is 2.76. The van der Waals surface area contributed by atoms with Crippen molar-refractivity contribution in [3.8, 4) is 0 Å². The fourth-order valence-electron chi connectivity index (χ4n) is 2.00. The zero-order chi connectivity index (χ0) is 13.0. The summed E-state index contributed by atoms with van der Waals surface area (Å²) in [5.41, 5.74) is 4.19. The highest BCUT2D eigenvalue weighted by Gasteiger charge is 2.11. The van der Waals surface area contributed by atoms with Crippen molar-refractivity contribution in [3.63, 3.8) is 0 Å². The van der Waals surface area contributed by atoms with Gasteiger partial charge in [-0.2, -0.15) is 0 Å². The zero-order valence-corrected chi connectivity index (χ0v) is 10.9. The number of benzene rings is 1. The van der Waals surface area contributed by atoms with Crippen LogP contribution in [0.1, 0.15) is 35.9 Å². The molecule has 0 aliphatic carbocycles. The van der Waals surface area contributed by atoms with Gasteiger partial charge in [0.1, 0.15) is 5.69 Å². The summed E-state index contributed by atoms with van der Waals surface area (Å²) in [5, 5.41) is 17.4. The van der Waals surface area contributed by atoms with Gasteiger partial charge in [-0.05, 0) is 18.9 Å². The monoisotopic (exact) mass is 245 g/mol. The molecule has 2 rings (SSSR count). The summed E-state index contributed by atoms with van der Waals surface area (Å²) in [7, 11) is 0. The van der Waals surface area contributed by atoms with Gasteiger partial charge < -0.3 is 5.11 Å². The number of aryl methyl sites for hydroxylation is 1. The summed E-state index contributed by atoms with van der Waals surface area (Å²) in [6, 6.07) is 8.40. The number of rotatable bonds is 5. The second-order valence-electron chi connectivity index (χ2n) is 4.53. The number of hydrogen-bond donors (Lipinski definition) is 1. The topological polar surface area (TPSA) is 50.9 Å². The van der Waals surface area contributed by atoms with E-state index in [9.17, 15) is 5.11 Å². The van der Waals surface area contributed by atoms with E-state index >= 15 is 0 Å². The van der Waals surface area contributed by atoms with E-state index in [4.69, 9.17) is 0 Å². The Morgan fingerprint density at radius 1 is 1.22 bits per heavy atom. The number of nitrogens with zero attached hydrogens (tertiary/aromatic N) is 3. The van der Waals surface area contributed by atoms with Gasteiger partial charge in [0.05, 0.1) is 18.8 Å². The van der Waals surface area contributed by atoms with Crippen LogP contribution in [0.3, 0.4) is 0 Å². The second kappa shape index (κ2) is 5.78. The Kier molecular flexibility index (Phi) is 4.10. The SMILES string of the molecule is CCCc1c(CO)nnn1Cc1ccc(C)cc1. The minimum Gasteiger partial charge on any atom is -0.390 e. The minimum absolute atomic E-state index is 0.0385. The Labute approximate surface area is 107 Å². The first-order chi connectivity index (χ1) is 8.74. The predicted octanol–water partition coefficient (Wildman–Crippen LogP) is 2.08. The molecular formula is C14H19N3O. The summed E-state index contributed by atoms with van der Waals surface area (Å²) >= 11 is 0. The van der Waals surface area contributed by atoms with E-state index in [-0.39, 0.29) is 6.61 Å². The van der Waals surface area contributed by atoms with E-state index in [1.54, 1.807) is 0 Å². The van der Waals surface area contributed by atoms with Crippen molar-refractivity contribution in [1.29, 1.82) is 0 Å². The van der Waals surface area contributed by atoms with Crippen LogP contribution in [-0.4, -0.2) is 20.1 Å². The number of aromatic nitrogens is 3. The van der Waals surface area contributed by atoms with Crippen molar-refractivity contribution < 1.29 is 5.11 Å². The molecule has 0 aliphatic rings. The Hall–Kier alpha value is -1.68. The third-order valence-electron chi connectivity index (χ3n) is 3.01. The fourth-order valence-corrected chi connectivity index (χ4v) is 2.00. The highest BCUT2D eigenvalue weighted by molar-refractivity contribution is 5.22. The normalized spacial score (nSPS) is 10.8. The molecule has 1 N–H and O–H groups in total. The van der Waals surface area contributed by atoms with E-state index in [0.29, 0.717) is 12.2 Å². The van der Waals surface area contributed by atoms with Gasteiger partial charge >= 0.3 is 0 Å². The van der Waals surface area contributed by atoms with Gasteiger partial charge in [0.2, 0.25) is 0 Å². The number of aliphatic hydroxyl groups is 1. The van der Waals surface area contributed by atoms with Crippen LogP contribution in [0.2, 0.25) is 0 Å². The van der Waals surface area contributed by atoms with Crippen LogP contribution in [-0.2, 0) is 19.6 Å². The standard InChI is InChI=1S/C14H19N3O/c1-3-4-14-13(10-18)15-16-17(14)9-12-7-5-11(2)6-8-12/h5-8,18H,3-4,9-10H2,1-2H3. The molecule has 1 heterocycles. The lowest BCUT2D eigenvalue weighted by Crippen LogP contribution is -2.07. The van der Waals surface area contributed by atoms with E-state index in [1.807, 2.05) is 4.68 Å². The minimum atomic E-state index is -0.0385. The van der Waals surface area contributed by atoms with Crippen molar-refractivity contribution in [2.24, 2.45) is 0 Å². The largest absolute Gasteiger partial charge is 0.390 e. The Balaban J connectivity index is 2.22. The summed E-state index contributed by atoms with van der Waals surface area (Å²) in [6.07, 6.45) is 1.92. The van der Waals surface area contributed by atoms with Gasteiger partial charge in [-0.15, -0.1) is 5.10 Å². The number of hydrogen-bond acceptors (Lipinski definition) is 3. The average molecular weight is 245 g/mol. The molecule has 2 aromatic rings. The summed E-state index contributed by atoms with van der Waals surface area (Å²) in [6.45, 7) is 4.86. The fraction of sp³-hybridized carbons (Fsp3) is 0.429. The van der Waals surface area contributed by atoms with Crippen molar-refractivity contribution in [3.05, 3.63) is 46.8 Å². The van der Waals surface area contributed by atoms with Crippen molar-refractivity contribution in [1.82, 2.24) is 15.0 Å². The molecule has 0 saturated heterocycles. The van der Waals surface area contributed by atoms with Crippen LogP contribution in [0.25, 0.3) is 0 Å². The first-order valence-corrected chi connectivity index (χ1v) is 6.32. The number of aliphatic hydroxyl groups excluding tert-OH is 1. The molecule has 0 unspecified atom stereocenters. The first kappa shape index (κ1) is 12.8. The average Bonchev–Trinajstić information content (AvgIpc) is 2.75. The molecule has 4 nitrogen and oxygen atoms in total. The van der Waals surface area contributed by atoms with Crippen molar-refractivity contribution in [2.45, 2.75) is 39.8 Å². The quantitative estimate of drug-likeness (QED) is 0.877. The molecule has 1 aromatic carbocycles. The first-order valence-electron chi connectivity index (χ1n) is 6.32. The molecule has 0 saturated carbocycles.